The number of sulfonamides is 1. The number of hydrogen-bond donors (Lipinski definition) is 1. The highest BCUT2D eigenvalue weighted by Crippen LogP contribution is 2.37. The van der Waals surface area contributed by atoms with Crippen molar-refractivity contribution in [2.45, 2.75) is 25.5 Å². The van der Waals surface area contributed by atoms with Gasteiger partial charge in [0.2, 0.25) is 27.7 Å². The fraction of sp³-hybridized carbons (Fsp3) is 0.300. The number of anilines is 1. The molecule has 0 radical (unpaired) electrons. The summed E-state index contributed by atoms with van der Waals surface area (Å²) in [5, 5.41) is 14.9. The van der Waals surface area contributed by atoms with Crippen LogP contribution in [0.15, 0.2) is 35.0 Å². The van der Waals surface area contributed by atoms with Crippen molar-refractivity contribution in [2.24, 2.45) is 0 Å². The molecule has 0 aliphatic rings. The molecule has 1 N–H and O–H groups in total. The first-order valence-corrected chi connectivity index (χ1v) is 11.7. The average molecular weight is 505 g/mol. The summed E-state index contributed by atoms with van der Waals surface area (Å²) in [4.78, 5) is 7.65. The molecule has 0 aliphatic carbocycles. The summed E-state index contributed by atoms with van der Waals surface area (Å²) >= 11 is 0. The minimum atomic E-state index is -4.05. The fourth-order valence-electron chi connectivity index (χ4n) is 3.18. The molecule has 13 nitrogen and oxygen atoms in total. The van der Waals surface area contributed by atoms with E-state index in [9.17, 15) is 12.8 Å². The highest BCUT2D eigenvalue weighted by molar-refractivity contribution is 7.93. The van der Waals surface area contributed by atoms with Crippen LogP contribution in [0, 0.1) is 12.7 Å². The number of nitrogens with zero attached hydrogens (tertiary/aromatic N) is 7. The number of para-hydroxylation sites is 1. The van der Waals surface area contributed by atoms with Gasteiger partial charge < -0.3 is 13.9 Å². The third kappa shape index (κ3) is 4.89. The Morgan fingerprint density at radius 2 is 1.74 bits per heavy atom. The van der Waals surface area contributed by atoms with Gasteiger partial charge in [-0.25, -0.2) is 27.3 Å². The zero-order valence-electron chi connectivity index (χ0n) is 19.1. The maximum atomic E-state index is 13.2. The largest absolute Gasteiger partial charge is 0.494 e. The van der Waals surface area contributed by atoms with Gasteiger partial charge in [0.25, 0.3) is 5.89 Å². The third-order valence-electron chi connectivity index (χ3n) is 4.91. The summed E-state index contributed by atoms with van der Waals surface area (Å²) in [6.45, 7) is 3.06. The Kier molecular flexibility index (Phi) is 6.59. The number of methoxy groups -OCH3 is 2. The quantitative estimate of drug-likeness (QED) is 0.355. The molecule has 184 valence electrons. The van der Waals surface area contributed by atoms with Crippen LogP contribution in [-0.4, -0.2) is 62.8 Å². The number of hydrogen-bond acceptors (Lipinski definition) is 11. The van der Waals surface area contributed by atoms with E-state index in [4.69, 9.17) is 13.9 Å². The molecule has 3 aromatic heterocycles. The van der Waals surface area contributed by atoms with Crippen LogP contribution in [0.4, 0.5) is 10.3 Å². The second-order valence-electron chi connectivity index (χ2n) is 7.30. The zero-order valence-corrected chi connectivity index (χ0v) is 19.9. The number of nitrogens with one attached hydrogen (secondary N) is 1. The van der Waals surface area contributed by atoms with E-state index in [1.54, 1.807) is 25.1 Å². The molecule has 0 bridgehead atoms. The van der Waals surface area contributed by atoms with E-state index in [-0.39, 0.29) is 35.8 Å². The number of aryl methyl sites for hydroxylation is 1. The van der Waals surface area contributed by atoms with Crippen molar-refractivity contribution in [1.29, 1.82) is 0 Å². The van der Waals surface area contributed by atoms with Gasteiger partial charge in [-0.3, -0.25) is 4.72 Å². The van der Waals surface area contributed by atoms with Crippen LogP contribution in [0.2, 0.25) is 0 Å². The molecule has 0 saturated carbocycles. The Morgan fingerprint density at radius 1 is 1.09 bits per heavy atom. The summed E-state index contributed by atoms with van der Waals surface area (Å²) in [5.74, 6) is 0.387. The van der Waals surface area contributed by atoms with Gasteiger partial charge >= 0.3 is 0 Å². The van der Waals surface area contributed by atoms with Gasteiger partial charge in [-0.05, 0) is 19.1 Å². The Bertz CT molecular complexity index is 1420. The lowest BCUT2D eigenvalue weighted by Gasteiger charge is -2.18. The summed E-state index contributed by atoms with van der Waals surface area (Å²) in [6, 6.07) is 5.03. The lowest BCUT2D eigenvalue weighted by Crippen LogP contribution is -2.29. The molecule has 1 atom stereocenters. The van der Waals surface area contributed by atoms with Crippen LogP contribution in [0.25, 0.3) is 17.4 Å². The number of rotatable bonds is 9. The standard InChI is InChI=1S/C20H21FN8O5S/c1-11(8-16-22-9-13(21)10-23-16)35(30,31)28-20-27-25-18(19-26-24-12(2)34-19)29(20)17-14(32-3)6-5-7-15(17)33-4/h5-7,9-11H,8H2,1-4H3,(H,27,28). The highest BCUT2D eigenvalue weighted by Gasteiger charge is 2.30. The summed E-state index contributed by atoms with van der Waals surface area (Å²) in [6.07, 6.45) is 1.87. The second-order valence-corrected chi connectivity index (χ2v) is 9.40. The van der Waals surface area contributed by atoms with Crippen LogP contribution in [0.1, 0.15) is 18.6 Å². The van der Waals surface area contributed by atoms with E-state index in [0.29, 0.717) is 17.2 Å². The van der Waals surface area contributed by atoms with Gasteiger partial charge in [-0.1, -0.05) is 6.07 Å². The van der Waals surface area contributed by atoms with E-state index in [1.165, 1.54) is 25.7 Å². The molecule has 0 aliphatic heterocycles. The minimum Gasteiger partial charge on any atom is -0.494 e. The van der Waals surface area contributed by atoms with E-state index >= 15 is 0 Å². The smallest absolute Gasteiger partial charge is 0.286 e. The molecule has 0 amide bonds. The van der Waals surface area contributed by atoms with Crippen LogP contribution in [0.5, 0.6) is 11.5 Å². The number of benzene rings is 1. The average Bonchev–Trinajstić information content (AvgIpc) is 3.45. The summed E-state index contributed by atoms with van der Waals surface area (Å²) in [7, 11) is -1.15. The van der Waals surface area contributed by atoms with Gasteiger partial charge in [-0.2, -0.15) is 0 Å². The predicted octanol–water partition coefficient (Wildman–Crippen LogP) is 1.94. The Hall–Kier alpha value is -4.14. The first-order chi connectivity index (χ1) is 16.7. The van der Waals surface area contributed by atoms with Gasteiger partial charge in [-0.15, -0.1) is 20.4 Å². The van der Waals surface area contributed by atoms with E-state index in [2.05, 4.69) is 35.1 Å². The van der Waals surface area contributed by atoms with Crippen LogP contribution >= 0.6 is 0 Å². The van der Waals surface area contributed by atoms with Gasteiger partial charge in [0.15, 0.2) is 5.82 Å². The molecule has 0 fully saturated rings. The Labute approximate surface area is 199 Å². The minimum absolute atomic E-state index is 0.00108. The van der Waals surface area contributed by atoms with Crippen molar-refractivity contribution in [3.63, 3.8) is 0 Å². The van der Waals surface area contributed by atoms with E-state index in [0.717, 1.165) is 12.4 Å². The third-order valence-corrected chi connectivity index (χ3v) is 6.61. The molecule has 0 saturated heterocycles. The van der Waals surface area contributed by atoms with Crippen molar-refractivity contribution in [2.75, 3.05) is 18.9 Å². The monoisotopic (exact) mass is 504 g/mol. The molecule has 1 unspecified atom stereocenters. The Morgan fingerprint density at radius 3 is 2.31 bits per heavy atom. The summed E-state index contributed by atoms with van der Waals surface area (Å²) < 4.78 is 59.7. The fourth-order valence-corrected chi connectivity index (χ4v) is 4.14. The topological polar surface area (TPSA) is 160 Å². The van der Waals surface area contributed by atoms with E-state index in [1.807, 2.05) is 0 Å². The van der Waals surface area contributed by atoms with E-state index < -0.39 is 21.1 Å². The molecule has 4 rings (SSSR count). The first kappa shape index (κ1) is 24.0. The highest BCUT2D eigenvalue weighted by atomic mass is 32.2. The SMILES string of the molecule is COc1cccc(OC)c1-n1c(NS(=O)(=O)C(C)Cc2ncc(F)cn2)nnc1-c1nnc(C)o1. The van der Waals surface area contributed by atoms with Gasteiger partial charge in [0, 0.05) is 13.3 Å². The molecule has 3 heterocycles. The number of ether oxygens (including phenoxy) is 2. The lowest BCUT2D eigenvalue weighted by molar-refractivity contribution is 0.391. The second kappa shape index (κ2) is 9.61. The number of aromatic nitrogens is 7. The lowest BCUT2D eigenvalue weighted by atomic mass is 10.2. The van der Waals surface area contributed by atoms with Crippen molar-refractivity contribution >= 4 is 16.0 Å². The van der Waals surface area contributed by atoms with Crippen molar-refractivity contribution < 1.29 is 26.7 Å². The molecule has 0 spiro atoms. The molecule has 4 aromatic rings. The number of halogens is 1. The molecule has 1 aromatic carbocycles. The molecule has 35 heavy (non-hydrogen) atoms. The van der Waals surface area contributed by atoms with Crippen LogP contribution in [-0.2, 0) is 16.4 Å². The van der Waals surface area contributed by atoms with Crippen molar-refractivity contribution in [3.05, 3.63) is 48.1 Å². The normalized spacial score (nSPS) is 12.4. The maximum Gasteiger partial charge on any atom is 0.286 e. The maximum absolute atomic E-state index is 13.2. The molecule has 15 heteroatoms. The summed E-state index contributed by atoms with van der Waals surface area (Å²) in [5.41, 5.74) is 0.306. The first-order valence-electron chi connectivity index (χ1n) is 10.2. The van der Waals surface area contributed by atoms with Crippen molar-refractivity contribution in [1.82, 2.24) is 34.9 Å². The molecular weight excluding hydrogens is 483 g/mol. The Balaban J connectivity index is 1.79. The predicted molar refractivity (Wildman–Crippen MR) is 120 cm³/mol. The van der Waals surface area contributed by atoms with Crippen LogP contribution < -0.4 is 14.2 Å². The molecular formula is C20H21FN8O5S. The van der Waals surface area contributed by atoms with Gasteiger partial charge in [0.05, 0.1) is 31.9 Å². The van der Waals surface area contributed by atoms with Gasteiger partial charge in [0.1, 0.15) is 23.0 Å². The van der Waals surface area contributed by atoms with Crippen molar-refractivity contribution in [3.8, 4) is 28.9 Å². The van der Waals surface area contributed by atoms with Crippen LogP contribution in [0.3, 0.4) is 0 Å². The zero-order chi connectivity index (χ0) is 25.2.